The van der Waals surface area contributed by atoms with Crippen LogP contribution in [0.25, 0.3) is 6.08 Å². The number of hydrogen-bond acceptors (Lipinski definition) is 5. The minimum atomic E-state index is -0.270. The van der Waals surface area contributed by atoms with Gasteiger partial charge in [0, 0.05) is 6.54 Å². The normalized spacial score (nSPS) is 17.1. The Morgan fingerprint density at radius 2 is 2.15 bits per heavy atom. The summed E-state index contributed by atoms with van der Waals surface area (Å²) in [7, 11) is 1.45. The molecule has 2 rings (SSSR count). The van der Waals surface area contributed by atoms with Gasteiger partial charge in [0.1, 0.15) is 0 Å². The van der Waals surface area contributed by atoms with E-state index in [0.29, 0.717) is 22.8 Å². The fraction of sp³-hybridized carbons (Fsp3) is 0.286. The second kappa shape index (κ2) is 6.00. The van der Waals surface area contributed by atoms with Crippen LogP contribution >= 0.6 is 11.8 Å². The average molecular weight is 293 g/mol. The highest BCUT2D eigenvalue weighted by Gasteiger charge is 2.34. The Bertz CT molecular complexity index is 583. The Labute approximate surface area is 121 Å². The van der Waals surface area contributed by atoms with Gasteiger partial charge < -0.3 is 9.84 Å². The van der Waals surface area contributed by atoms with Gasteiger partial charge in [-0.05, 0) is 42.0 Å². The number of carbonyl (C=O) groups excluding carboxylic acids is 2. The monoisotopic (exact) mass is 293 g/mol. The van der Waals surface area contributed by atoms with Crippen LogP contribution in [0.15, 0.2) is 23.1 Å². The predicted octanol–water partition coefficient (Wildman–Crippen LogP) is 2.85. The van der Waals surface area contributed by atoms with Crippen LogP contribution in [0.2, 0.25) is 0 Å². The molecule has 0 radical (unpaired) electrons. The Hall–Kier alpha value is -1.95. The number of aromatic hydroxyl groups is 1. The summed E-state index contributed by atoms with van der Waals surface area (Å²) >= 11 is 0.929. The molecule has 1 aliphatic rings. The number of hydrogen-bond donors (Lipinski definition) is 1. The first kappa shape index (κ1) is 14.5. The lowest BCUT2D eigenvalue weighted by atomic mass is 10.2. The summed E-state index contributed by atoms with van der Waals surface area (Å²) in [4.78, 5) is 25.4. The summed E-state index contributed by atoms with van der Waals surface area (Å²) in [6, 6.07) is 4.76. The number of carbonyl (C=O) groups is 2. The number of imide groups is 1. The molecule has 5 nitrogen and oxygen atoms in total. The van der Waals surface area contributed by atoms with E-state index < -0.39 is 0 Å². The first-order valence-electron chi connectivity index (χ1n) is 6.19. The number of amides is 2. The maximum atomic E-state index is 12.1. The van der Waals surface area contributed by atoms with Crippen molar-refractivity contribution in [3.8, 4) is 11.5 Å². The van der Waals surface area contributed by atoms with Crippen molar-refractivity contribution < 1.29 is 19.4 Å². The Kier molecular flexibility index (Phi) is 4.34. The van der Waals surface area contributed by atoms with Gasteiger partial charge >= 0.3 is 0 Å². The summed E-state index contributed by atoms with van der Waals surface area (Å²) in [6.07, 6.45) is 2.36. The molecule has 0 saturated carbocycles. The predicted molar refractivity (Wildman–Crippen MR) is 77.6 cm³/mol. The van der Waals surface area contributed by atoms with Gasteiger partial charge in [0.15, 0.2) is 11.5 Å². The number of benzene rings is 1. The van der Waals surface area contributed by atoms with Gasteiger partial charge in [-0.25, -0.2) is 0 Å². The van der Waals surface area contributed by atoms with Crippen LogP contribution in [-0.2, 0) is 4.79 Å². The van der Waals surface area contributed by atoms with E-state index in [2.05, 4.69) is 0 Å². The molecule has 2 amide bonds. The number of rotatable bonds is 4. The second-order valence-electron chi connectivity index (χ2n) is 4.26. The van der Waals surface area contributed by atoms with E-state index >= 15 is 0 Å². The molecule has 0 aliphatic carbocycles. The standard InChI is InChI=1S/C14H15NO4S/c1-3-6-15-13(17)12(20-14(15)18)8-9-4-5-10(16)11(7-9)19-2/h4-5,7-8,16H,3,6H2,1-2H3/b12-8+. The third-order valence-corrected chi connectivity index (χ3v) is 3.73. The minimum absolute atomic E-state index is 0.0312. The van der Waals surface area contributed by atoms with Gasteiger partial charge in [-0.3, -0.25) is 14.5 Å². The van der Waals surface area contributed by atoms with Crippen LogP contribution in [0.1, 0.15) is 18.9 Å². The molecule has 0 atom stereocenters. The third kappa shape index (κ3) is 2.80. The molecule has 6 heteroatoms. The fourth-order valence-corrected chi connectivity index (χ4v) is 2.72. The summed E-state index contributed by atoms with van der Waals surface area (Å²) in [5.41, 5.74) is 0.696. The number of phenolic OH excluding ortho intramolecular Hbond substituents is 1. The van der Waals surface area contributed by atoms with Crippen molar-refractivity contribution in [2.75, 3.05) is 13.7 Å². The summed E-state index contributed by atoms with van der Waals surface area (Å²) < 4.78 is 5.01. The van der Waals surface area contributed by atoms with Gasteiger partial charge in [-0.2, -0.15) is 0 Å². The second-order valence-corrected chi connectivity index (χ2v) is 5.26. The molecule has 106 valence electrons. The molecule has 0 spiro atoms. The summed E-state index contributed by atoms with van der Waals surface area (Å²) in [6.45, 7) is 2.35. The SMILES string of the molecule is CCCN1C(=O)S/C(=C/c2ccc(O)c(OC)c2)C1=O. The van der Waals surface area contributed by atoms with Crippen molar-refractivity contribution in [2.24, 2.45) is 0 Å². The topological polar surface area (TPSA) is 66.8 Å². The number of methoxy groups -OCH3 is 1. The molecule has 1 aromatic rings. The Morgan fingerprint density at radius 1 is 1.40 bits per heavy atom. The number of ether oxygens (including phenoxy) is 1. The van der Waals surface area contributed by atoms with Gasteiger partial charge in [0.25, 0.3) is 11.1 Å². The van der Waals surface area contributed by atoms with Crippen molar-refractivity contribution in [2.45, 2.75) is 13.3 Å². The fourth-order valence-electron chi connectivity index (χ4n) is 1.85. The Balaban J connectivity index is 2.28. The lowest BCUT2D eigenvalue weighted by molar-refractivity contribution is -0.122. The minimum Gasteiger partial charge on any atom is -0.504 e. The van der Waals surface area contributed by atoms with Gasteiger partial charge in [-0.15, -0.1) is 0 Å². The number of nitrogens with zero attached hydrogens (tertiary/aromatic N) is 1. The summed E-state index contributed by atoms with van der Waals surface area (Å²) in [5, 5.41) is 9.28. The third-order valence-electron chi connectivity index (χ3n) is 2.82. The highest BCUT2D eigenvalue weighted by atomic mass is 32.2. The molecule has 0 bridgehead atoms. The number of phenols is 1. The van der Waals surface area contributed by atoms with E-state index in [1.807, 2.05) is 6.92 Å². The molecule has 1 aromatic carbocycles. The first-order valence-corrected chi connectivity index (χ1v) is 7.00. The molecule has 1 saturated heterocycles. The van der Waals surface area contributed by atoms with Crippen LogP contribution in [0.5, 0.6) is 11.5 Å². The van der Waals surface area contributed by atoms with Crippen molar-refractivity contribution in [3.63, 3.8) is 0 Å². The van der Waals surface area contributed by atoms with Crippen LogP contribution in [0.4, 0.5) is 4.79 Å². The Morgan fingerprint density at radius 3 is 2.80 bits per heavy atom. The van der Waals surface area contributed by atoms with Crippen molar-refractivity contribution in [1.82, 2.24) is 4.90 Å². The van der Waals surface area contributed by atoms with E-state index in [1.54, 1.807) is 18.2 Å². The van der Waals surface area contributed by atoms with Crippen LogP contribution in [0, 0.1) is 0 Å². The molecule has 1 N–H and O–H groups in total. The first-order chi connectivity index (χ1) is 9.56. The molecule has 0 unspecified atom stereocenters. The lowest BCUT2D eigenvalue weighted by Gasteiger charge is -2.09. The van der Waals surface area contributed by atoms with Crippen LogP contribution in [-0.4, -0.2) is 34.8 Å². The van der Waals surface area contributed by atoms with Gasteiger partial charge in [0.05, 0.1) is 12.0 Å². The van der Waals surface area contributed by atoms with Gasteiger partial charge in [0.2, 0.25) is 0 Å². The van der Waals surface area contributed by atoms with Crippen LogP contribution < -0.4 is 4.74 Å². The van der Waals surface area contributed by atoms with E-state index in [1.165, 1.54) is 18.1 Å². The highest BCUT2D eigenvalue weighted by molar-refractivity contribution is 8.18. The van der Waals surface area contributed by atoms with E-state index in [0.717, 1.165) is 18.2 Å². The van der Waals surface area contributed by atoms with E-state index in [-0.39, 0.29) is 16.9 Å². The zero-order chi connectivity index (χ0) is 14.7. The molecular weight excluding hydrogens is 278 g/mol. The maximum absolute atomic E-state index is 12.1. The van der Waals surface area contributed by atoms with Crippen molar-refractivity contribution >= 4 is 29.0 Å². The van der Waals surface area contributed by atoms with E-state index in [4.69, 9.17) is 4.74 Å². The maximum Gasteiger partial charge on any atom is 0.293 e. The molecule has 20 heavy (non-hydrogen) atoms. The molecule has 1 heterocycles. The van der Waals surface area contributed by atoms with Crippen molar-refractivity contribution in [3.05, 3.63) is 28.7 Å². The molecule has 0 aromatic heterocycles. The quantitative estimate of drug-likeness (QED) is 0.865. The zero-order valence-electron chi connectivity index (χ0n) is 11.3. The lowest BCUT2D eigenvalue weighted by Crippen LogP contribution is -2.28. The molecular formula is C14H15NO4S. The largest absolute Gasteiger partial charge is 0.504 e. The van der Waals surface area contributed by atoms with Gasteiger partial charge in [-0.1, -0.05) is 13.0 Å². The average Bonchev–Trinajstić information content (AvgIpc) is 2.69. The van der Waals surface area contributed by atoms with Crippen molar-refractivity contribution in [1.29, 1.82) is 0 Å². The highest BCUT2D eigenvalue weighted by Crippen LogP contribution is 2.34. The van der Waals surface area contributed by atoms with Crippen LogP contribution in [0.3, 0.4) is 0 Å². The zero-order valence-corrected chi connectivity index (χ0v) is 12.1. The molecule has 1 fully saturated rings. The van der Waals surface area contributed by atoms with E-state index in [9.17, 15) is 14.7 Å². The molecule has 1 aliphatic heterocycles. The number of thioether (sulfide) groups is 1. The summed E-state index contributed by atoms with van der Waals surface area (Å²) in [5.74, 6) is 0.0872. The smallest absolute Gasteiger partial charge is 0.293 e.